The zero-order valence-corrected chi connectivity index (χ0v) is 16.2. The summed E-state index contributed by atoms with van der Waals surface area (Å²) in [6.07, 6.45) is 2.34. The summed E-state index contributed by atoms with van der Waals surface area (Å²) in [6.45, 7) is 4.42. The third-order valence-corrected chi connectivity index (χ3v) is 5.17. The quantitative estimate of drug-likeness (QED) is 0.626. The molecule has 0 atom stereocenters. The van der Waals surface area contributed by atoms with E-state index in [9.17, 15) is 4.39 Å². The Labute approximate surface area is 163 Å². The first kappa shape index (κ1) is 18.9. The lowest BCUT2D eigenvalue weighted by molar-refractivity contribution is 0.266. The van der Waals surface area contributed by atoms with E-state index in [1.165, 1.54) is 18.9 Å². The molecule has 0 bridgehead atoms. The predicted octanol–water partition coefficient (Wildman–Crippen LogP) is 5.23. The molecule has 0 radical (unpaired) electrons. The van der Waals surface area contributed by atoms with Crippen molar-refractivity contribution in [3.8, 4) is 11.5 Å². The minimum absolute atomic E-state index is 0.0293. The van der Waals surface area contributed by atoms with Crippen LogP contribution in [0.1, 0.15) is 30.9 Å². The lowest BCUT2D eigenvalue weighted by Gasteiger charge is -2.20. The van der Waals surface area contributed by atoms with Crippen LogP contribution in [0.25, 0.3) is 0 Å². The van der Waals surface area contributed by atoms with Crippen LogP contribution in [0.15, 0.2) is 36.4 Å². The van der Waals surface area contributed by atoms with E-state index in [0.29, 0.717) is 28.7 Å². The van der Waals surface area contributed by atoms with Gasteiger partial charge in [-0.25, -0.2) is 4.39 Å². The maximum absolute atomic E-state index is 13.9. The molecule has 0 unspecified atom stereocenters. The van der Waals surface area contributed by atoms with Gasteiger partial charge in [0.1, 0.15) is 17.4 Å². The van der Waals surface area contributed by atoms with Crippen molar-refractivity contribution in [2.75, 3.05) is 19.7 Å². The first-order valence-corrected chi connectivity index (χ1v) is 9.50. The molecule has 6 heteroatoms. The topological polar surface area (TPSA) is 21.7 Å². The van der Waals surface area contributed by atoms with Crippen molar-refractivity contribution in [3.63, 3.8) is 0 Å². The Morgan fingerprint density at radius 2 is 1.92 bits per heavy atom. The molecule has 1 saturated heterocycles. The van der Waals surface area contributed by atoms with Crippen LogP contribution >= 0.6 is 23.8 Å². The molecule has 26 heavy (non-hydrogen) atoms. The molecule has 1 heterocycles. The van der Waals surface area contributed by atoms with E-state index < -0.39 is 0 Å². The van der Waals surface area contributed by atoms with Crippen LogP contribution in [0.3, 0.4) is 0 Å². The summed E-state index contributed by atoms with van der Waals surface area (Å²) in [5, 5.41) is 0.342. The standard InChI is InChI=1S/C20H21ClFNO2S/c1-2-24-19-12-14(20(26)23-10-3-4-11-23)8-9-18(19)25-13-15-16(21)6-5-7-17(15)22/h5-9,12H,2-4,10-11,13H2,1H3. The second kappa shape index (κ2) is 8.69. The summed E-state index contributed by atoms with van der Waals surface area (Å²) < 4.78 is 25.4. The second-order valence-corrected chi connectivity index (χ2v) is 6.88. The molecule has 3 nitrogen and oxygen atoms in total. The van der Waals surface area contributed by atoms with Crippen LogP contribution in [0, 0.1) is 5.82 Å². The molecule has 0 N–H and O–H groups in total. The first-order valence-electron chi connectivity index (χ1n) is 8.72. The maximum Gasteiger partial charge on any atom is 0.161 e. The lowest BCUT2D eigenvalue weighted by atomic mass is 10.2. The molecule has 2 aromatic rings. The maximum atomic E-state index is 13.9. The van der Waals surface area contributed by atoms with Crippen molar-refractivity contribution in [3.05, 3.63) is 58.4 Å². The van der Waals surface area contributed by atoms with Gasteiger partial charge in [0.25, 0.3) is 0 Å². The van der Waals surface area contributed by atoms with Crippen LogP contribution in [0.4, 0.5) is 4.39 Å². The van der Waals surface area contributed by atoms with Crippen LogP contribution < -0.4 is 9.47 Å². The van der Waals surface area contributed by atoms with Gasteiger partial charge in [-0.2, -0.15) is 0 Å². The van der Waals surface area contributed by atoms with E-state index in [-0.39, 0.29) is 12.4 Å². The molecule has 1 aliphatic heterocycles. The van der Waals surface area contributed by atoms with Crippen molar-refractivity contribution in [1.29, 1.82) is 0 Å². The number of halogens is 2. The fraction of sp³-hybridized carbons (Fsp3) is 0.350. The van der Waals surface area contributed by atoms with E-state index in [4.69, 9.17) is 33.3 Å². The fourth-order valence-electron chi connectivity index (χ4n) is 2.95. The Bertz CT molecular complexity index is 773. The van der Waals surface area contributed by atoms with E-state index in [0.717, 1.165) is 23.6 Å². The number of rotatable bonds is 6. The van der Waals surface area contributed by atoms with Gasteiger partial charge in [0.15, 0.2) is 11.5 Å². The SMILES string of the molecule is CCOc1cc(C(=S)N2CCCC2)ccc1OCc1c(F)cccc1Cl. The Hall–Kier alpha value is -1.85. The zero-order chi connectivity index (χ0) is 18.5. The van der Waals surface area contributed by atoms with Crippen molar-refractivity contribution < 1.29 is 13.9 Å². The molecule has 0 saturated carbocycles. The molecule has 0 aromatic heterocycles. The van der Waals surface area contributed by atoms with Gasteiger partial charge in [-0.05, 0) is 50.1 Å². The summed E-state index contributed by atoms with van der Waals surface area (Å²) in [5.74, 6) is 0.750. The summed E-state index contributed by atoms with van der Waals surface area (Å²) in [6, 6.07) is 10.2. The molecule has 0 aliphatic carbocycles. The number of benzene rings is 2. The zero-order valence-electron chi connectivity index (χ0n) is 14.6. The van der Waals surface area contributed by atoms with Gasteiger partial charge in [0.2, 0.25) is 0 Å². The highest BCUT2D eigenvalue weighted by molar-refractivity contribution is 7.80. The van der Waals surface area contributed by atoms with Gasteiger partial charge < -0.3 is 14.4 Å². The largest absolute Gasteiger partial charge is 0.490 e. The average molecular weight is 394 g/mol. The Morgan fingerprint density at radius 3 is 2.62 bits per heavy atom. The number of likely N-dealkylation sites (tertiary alicyclic amines) is 1. The summed E-state index contributed by atoms with van der Waals surface area (Å²) >= 11 is 11.7. The smallest absolute Gasteiger partial charge is 0.161 e. The van der Waals surface area contributed by atoms with Crippen LogP contribution in [0.5, 0.6) is 11.5 Å². The van der Waals surface area contributed by atoms with Gasteiger partial charge in [-0.3, -0.25) is 0 Å². The van der Waals surface area contributed by atoms with E-state index >= 15 is 0 Å². The highest BCUT2D eigenvalue weighted by Crippen LogP contribution is 2.31. The average Bonchev–Trinajstić information content (AvgIpc) is 3.16. The molecule has 2 aromatic carbocycles. The lowest BCUT2D eigenvalue weighted by Crippen LogP contribution is -2.26. The highest BCUT2D eigenvalue weighted by atomic mass is 35.5. The van der Waals surface area contributed by atoms with Gasteiger partial charge in [0, 0.05) is 24.2 Å². The third-order valence-electron chi connectivity index (χ3n) is 4.32. The predicted molar refractivity (Wildman–Crippen MR) is 106 cm³/mol. The fourth-order valence-corrected chi connectivity index (χ4v) is 3.48. The summed E-state index contributed by atoms with van der Waals surface area (Å²) in [4.78, 5) is 3.03. The first-order chi connectivity index (χ1) is 12.6. The number of hydrogen-bond acceptors (Lipinski definition) is 3. The van der Waals surface area contributed by atoms with Gasteiger partial charge in [-0.15, -0.1) is 0 Å². The Kier molecular flexibility index (Phi) is 6.33. The van der Waals surface area contributed by atoms with Gasteiger partial charge >= 0.3 is 0 Å². The van der Waals surface area contributed by atoms with Crippen LogP contribution in [0.2, 0.25) is 5.02 Å². The molecule has 0 spiro atoms. The highest BCUT2D eigenvalue weighted by Gasteiger charge is 2.18. The number of hydrogen-bond donors (Lipinski definition) is 0. The minimum Gasteiger partial charge on any atom is -0.490 e. The minimum atomic E-state index is -0.387. The van der Waals surface area contributed by atoms with Gasteiger partial charge in [-0.1, -0.05) is 29.9 Å². The Balaban J connectivity index is 1.79. The van der Waals surface area contributed by atoms with Crippen molar-refractivity contribution in [2.45, 2.75) is 26.4 Å². The second-order valence-electron chi connectivity index (χ2n) is 6.08. The van der Waals surface area contributed by atoms with Crippen molar-refractivity contribution in [1.82, 2.24) is 4.90 Å². The van der Waals surface area contributed by atoms with Crippen LogP contribution in [-0.4, -0.2) is 29.6 Å². The molecular formula is C20H21ClFNO2S. The molecule has 0 amide bonds. The third kappa shape index (κ3) is 4.27. The summed E-state index contributed by atoms with van der Waals surface area (Å²) in [7, 11) is 0. The monoisotopic (exact) mass is 393 g/mol. The molecule has 138 valence electrons. The number of nitrogens with zero attached hydrogens (tertiary/aromatic N) is 1. The van der Waals surface area contributed by atoms with Crippen molar-refractivity contribution in [2.24, 2.45) is 0 Å². The number of thiocarbonyl (C=S) groups is 1. The number of ether oxygens (including phenoxy) is 2. The van der Waals surface area contributed by atoms with E-state index in [1.54, 1.807) is 12.1 Å². The molecule has 1 aliphatic rings. The van der Waals surface area contributed by atoms with Gasteiger partial charge in [0.05, 0.1) is 11.6 Å². The van der Waals surface area contributed by atoms with E-state index in [2.05, 4.69) is 4.90 Å². The molecule has 3 rings (SSSR count). The van der Waals surface area contributed by atoms with Crippen molar-refractivity contribution >= 4 is 28.8 Å². The molecule has 1 fully saturated rings. The summed E-state index contributed by atoms with van der Waals surface area (Å²) in [5.41, 5.74) is 1.26. The van der Waals surface area contributed by atoms with E-state index in [1.807, 2.05) is 25.1 Å². The van der Waals surface area contributed by atoms with Crippen LogP contribution in [-0.2, 0) is 6.61 Å². The molecular weight excluding hydrogens is 373 g/mol. The normalized spacial score (nSPS) is 13.7. The Morgan fingerprint density at radius 1 is 1.15 bits per heavy atom.